The largest absolute Gasteiger partial charge is 0.480 e. The third-order valence-corrected chi connectivity index (χ3v) is 3.22. The number of aromatic nitrogens is 2. The SMILES string of the molecule is O=C(O)Cn1nc(C(=O)NCc2cccc(Br)c2)ccc1=O. The van der Waals surface area contributed by atoms with Crippen LogP contribution in [0.15, 0.2) is 45.7 Å². The van der Waals surface area contributed by atoms with E-state index in [9.17, 15) is 14.4 Å². The summed E-state index contributed by atoms with van der Waals surface area (Å²) in [5.41, 5.74) is 0.295. The van der Waals surface area contributed by atoms with E-state index < -0.39 is 24.0 Å². The number of carbonyl (C=O) groups excluding carboxylic acids is 1. The first-order chi connectivity index (χ1) is 10.5. The molecule has 1 heterocycles. The number of hydrogen-bond acceptors (Lipinski definition) is 4. The molecule has 7 nitrogen and oxygen atoms in total. The van der Waals surface area contributed by atoms with E-state index in [-0.39, 0.29) is 12.2 Å². The number of carboxylic acid groups (broad SMARTS) is 1. The Kier molecular flexibility index (Phi) is 5.05. The topological polar surface area (TPSA) is 101 Å². The predicted molar refractivity (Wildman–Crippen MR) is 81.4 cm³/mol. The number of rotatable bonds is 5. The van der Waals surface area contributed by atoms with Gasteiger partial charge in [0.1, 0.15) is 12.2 Å². The summed E-state index contributed by atoms with van der Waals surface area (Å²) in [6.07, 6.45) is 0. The number of hydrogen-bond donors (Lipinski definition) is 2. The van der Waals surface area contributed by atoms with Gasteiger partial charge in [0, 0.05) is 17.1 Å². The van der Waals surface area contributed by atoms with Crippen molar-refractivity contribution in [1.82, 2.24) is 15.1 Å². The van der Waals surface area contributed by atoms with Crippen LogP contribution < -0.4 is 10.9 Å². The molecule has 1 amide bonds. The molecular weight excluding hydrogens is 354 g/mol. The van der Waals surface area contributed by atoms with Crippen molar-refractivity contribution in [3.05, 3.63) is 62.5 Å². The van der Waals surface area contributed by atoms with Crippen molar-refractivity contribution in [1.29, 1.82) is 0 Å². The Morgan fingerprint density at radius 1 is 1.27 bits per heavy atom. The molecule has 2 rings (SSSR count). The van der Waals surface area contributed by atoms with Crippen molar-refractivity contribution < 1.29 is 14.7 Å². The number of aliphatic carboxylic acids is 1. The lowest BCUT2D eigenvalue weighted by molar-refractivity contribution is -0.138. The van der Waals surface area contributed by atoms with Crippen LogP contribution in [-0.4, -0.2) is 26.8 Å². The maximum absolute atomic E-state index is 12.0. The summed E-state index contributed by atoms with van der Waals surface area (Å²) in [4.78, 5) is 34.1. The zero-order valence-corrected chi connectivity index (χ0v) is 12.9. The minimum atomic E-state index is -1.21. The van der Waals surface area contributed by atoms with E-state index in [0.29, 0.717) is 0 Å². The van der Waals surface area contributed by atoms with Gasteiger partial charge in [-0.25, -0.2) is 4.68 Å². The van der Waals surface area contributed by atoms with E-state index >= 15 is 0 Å². The number of carboxylic acids is 1. The van der Waals surface area contributed by atoms with E-state index in [0.717, 1.165) is 20.8 Å². The molecule has 0 saturated carbocycles. The van der Waals surface area contributed by atoms with Crippen LogP contribution in [0.4, 0.5) is 0 Å². The molecule has 0 saturated heterocycles. The molecule has 1 aromatic heterocycles. The molecule has 0 aliphatic carbocycles. The summed E-state index contributed by atoms with van der Waals surface area (Å²) in [6, 6.07) is 9.80. The Labute approximate surface area is 133 Å². The number of nitrogens with zero attached hydrogens (tertiary/aromatic N) is 2. The quantitative estimate of drug-likeness (QED) is 0.823. The first-order valence-corrected chi connectivity index (χ1v) is 7.07. The summed E-state index contributed by atoms with van der Waals surface area (Å²) in [7, 11) is 0. The van der Waals surface area contributed by atoms with Crippen LogP contribution in [0, 0.1) is 0 Å². The molecule has 0 bridgehead atoms. The van der Waals surface area contributed by atoms with Gasteiger partial charge < -0.3 is 10.4 Å². The Morgan fingerprint density at radius 3 is 2.73 bits per heavy atom. The van der Waals surface area contributed by atoms with Gasteiger partial charge in [-0.05, 0) is 23.8 Å². The van der Waals surface area contributed by atoms with E-state index in [1.165, 1.54) is 6.07 Å². The van der Waals surface area contributed by atoms with Crippen molar-refractivity contribution in [2.45, 2.75) is 13.1 Å². The van der Waals surface area contributed by atoms with Crippen LogP contribution in [-0.2, 0) is 17.9 Å². The predicted octanol–water partition coefficient (Wildman–Crippen LogP) is 1.02. The molecule has 0 fully saturated rings. The van der Waals surface area contributed by atoms with Crippen molar-refractivity contribution in [3.63, 3.8) is 0 Å². The highest BCUT2D eigenvalue weighted by Crippen LogP contribution is 2.11. The highest BCUT2D eigenvalue weighted by atomic mass is 79.9. The van der Waals surface area contributed by atoms with Gasteiger partial charge in [-0.1, -0.05) is 28.1 Å². The third-order valence-electron chi connectivity index (χ3n) is 2.73. The summed E-state index contributed by atoms with van der Waals surface area (Å²) in [5.74, 6) is -1.69. The minimum Gasteiger partial charge on any atom is -0.480 e. The van der Waals surface area contributed by atoms with Crippen molar-refractivity contribution in [2.24, 2.45) is 0 Å². The molecule has 0 unspecified atom stereocenters. The lowest BCUT2D eigenvalue weighted by atomic mass is 10.2. The van der Waals surface area contributed by atoms with E-state index in [4.69, 9.17) is 5.11 Å². The number of benzene rings is 1. The standard InChI is InChI=1S/C14H12BrN3O4/c15-10-3-1-2-9(6-10)7-16-14(22)11-4-5-12(19)18(17-11)8-13(20)21/h1-6H,7-8H2,(H,16,22)(H,20,21). The Morgan fingerprint density at radius 2 is 2.05 bits per heavy atom. The molecule has 22 heavy (non-hydrogen) atoms. The first-order valence-electron chi connectivity index (χ1n) is 6.28. The van der Waals surface area contributed by atoms with E-state index in [1.54, 1.807) is 0 Å². The molecule has 114 valence electrons. The zero-order chi connectivity index (χ0) is 16.1. The van der Waals surface area contributed by atoms with Gasteiger partial charge >= 0.3 is 5.97 Å². The van der Waals surface area contributed by atoms with E-state index in [1.807, 2.05) is 24.3 Å². The fourth-order valence-electron chi connectivity index (χ4n) is 1.73. The second-order valence-electron chi connectivity index (χ2n) is 4.42. The average Bonchev–Trinajstić information content (AvgIpc) is 2.46. The van der Waals surface area contributed by atoms with Crippen LogP contribution in [0.1, 0.15) is 16.1 Å². The number of nitrogens with one attached hydrogen (secondary N) is 1. The Balaban J connectivity index is 2.09. The summed E-state index contributed by atoms with van der Waals surface area (Å²) in [6.45, 7) is -0.302. The molecule has 0 aliphatic heterocycles. The molecule has 0 aliphatic rings. The van der Waals surface area contributed by atoms with Gasteiger partial charge in [0.15, 0.2) is 0 Å². The molecule has 2 aromatic rings. The lowest BCUT2D eigenvalue weighted by Gasteiger charge is -2.07. The molecular formula is C14H12BrN3O4. The zero-order valence-electron chi connectivity index (χ0n) is 11.3. The smallest absolute Gasteiger partial charge is 0.325 e. The van der Waals surface area contributed by atoms with Gasteiger partial charge in [0.05, 0.1) is 0 Å². The second kappa shape index (κ2) is 6.99. The van der Waals surface area contributed by atoms with Gasteiger partial charge in [0.2, 0.25) is 0 Å². The van der Waals surface area contributed by atoms with Crippen LogP contribution in [0.25, 0.3) is 0 Å². The fraction of sp³-hybridized carbons (Fsp3) is 0.143. The second-order valence-corrected chi connectivity index (χ2v) is 5.34. The molecule has 0 radical (unpaired) electrons. The summed E-state index contributed by atoms with van der Waals surface area (Å²) < 4.78 is 1.63. The third kappa shape index (κ3) is 4.26. The average molecular weight is 366 g/mol. The highest BCUT2D eigenvalue weighted by molar-refractivity contribution is 9.10. The Bertz CT molecular complexity index is 773. The molecule has 0 atom stereocenters. The molecule has 1 aromatic carbocycles. The van der Waals surface area contributed by atoms with Crippen LogP contribution in [0.2, 0.25) is 0 Å². The van der Waals surface area contributed by atoms with Crippen LogP contribution >= 0.6 is 15.9 Å². The van der Waals surface area contributed by atoms with Crippen LogP contribution in [0.5, 0.6) is 0 Å². The maximum atomic E-state index is 12.0. The monoisotopic (exact) mass is 365 g/mol. The minimum absolute atomic E-state index is 0.0177. The fourth-order valence-corrected chi connectivity index (χ4v) is 2.18. The lowest BCUT2D eigenvalue weighted by Crippen LogP contribution is -2.31. The van der Waals surface area contributed by atoms with Gasteiger partial charge in [0.25, 0.3) is 11.5 Å². The summed E-state index contributed by atoms with van der Waals surface area (Å²) >= 11 is 3.34. The highest BCUT2D eigenvalue weighted by Gasteiger charge is 2.11. The number of amides is 1. The van der Waals surface area contributed by atoms with Gasteiger partial charge in [-0.3, -0.25) is 14.4 Å². The number of halogens is 1. The van der Waals surface area contributed by atoms with Gasteiger partial charge in [-0.15, -0.1) is 0 Å². The first kappa shape index (κ1) is 15.9. The summed E-state index contributed by atoms with van der Waals surface area (Å²) in [5, 5.41) is 15.1. The van der Waals surface area contributed by atoms with Crippen molar-refractivity contribution >= 4 is 27.8 Å². The van der Waals surface area contributed by atoms with Crippen molar-refractivity contribution in [3.8, 4) is 0 Å². The van der Waals surface area contributed by atoms with E-state index in [2.05, 4.69) is 26.3 Å². The Hall–Kier alpha value is -2.48. The normalized spacial score (nSPS) is 10.2. The molecule has 8 heteroatoms. The maximum Gasteiger partial charge on any atom is 0.325 e. The molecule has 2 N–H and O–H groups in total. The molecule has 0 spiro atoms. The number of carbonyl (C=O) groups is 2. The van der Waals surface area contributed by atoms with Crippen molar-refractivity contribution in [2.75, 3.05) is 0 Å². The van der Waals surface area contributed by atoms with Crippen LogP contribution in [0.3, 0.4) is 0 Å². The van der Waals surface area contributed by atoms with Gasteiger partial charge in [-0.2, -0.15) is 5.10 Å².